The summed E-state index contributed by atoms with van der Waals surface area (Å²) in [7, 11) is 0. The summed E-state index contributed by atoms with van der Waals surface area (Å²) >= 11 is 6.83. The van der Waals surface area contributed by atoms with Crippen LogP contribution in [0.3, 0.4) is 0 Å². The molecular formula is C16H10Br2O2. The third-order valence-electron chi connectivity index (χ3n) is 3.02. The number of rotatable bonds is 3. The summed E-state index contributed by atoms with van der Waals surface area (Å²) in [6.45, 7) is 0. The van der Waals surface area contributed by atoms with Crippen molar-refractivity contribution in [1.82, 2.24) is 0 Å². The number of ketones is 1. The highest BCUT2D eigenvalue weighted by molar-refractivity contribution is 9.11. The number of halogens is 2. The molecule has 0 atom stereocenters. The van der Waals surface area contributed by atoms with Gasteiger partial charge in [0.1, 0.15) is 5.58 Å². The highest BCUT2D eigenvalue weighted by Gasteiger charge is 2.14. The Kier molecular flexibility index (Phi) is 3.76. The van der Waals surface area contributed by atoms with E-state index in [2.05, 4.69) is 31.9 Å². The van der Waals surface area contributed by atoms with Gasteiger partial charge in [-0.3, -0.25) is 4.79 Å². The van der Waals surface area contributed by atoms with E-state index in [0.29, 0.717) is 17.8 Å². The van der Waals surface area contributed by atoms with Crippen LogP contribution in [0, 0.1) is 0 Å². The quantitative estimate of drug-likeness (QED) is 0.559. The minimum absolute atomic E-state index is 0.0220. The number of para-hydroxylation sites is 1. The number of carbonyl (C=O) groups is 1. The van der Waals surface area contributed by atoms with E-state index in [-0.39, 0.29) is 5.78 Å². The zero-order valence-corrected chi connectivity index (χ0v) is 13.6. The number of furan rings is 1. The van der Waals surface area contributed by atoms with Crippen molar-refractivity contribution in [1.29, 1.82) is 0 Å². The Morgan fingerprint density at radius 3 is 2.60 bits per heavy atom. The summed E-state index contributed by atoms with van der Waals surface area (Å²) in [6, 6.07) is 15.3. The lowest BCUT2D eigenvalue weighted by molar-refractivity contribution is 0.0968. The van der Waals surface area contributed by atoms with Gasteiger partial charge in [0.2, 0.25) is 5.78 Å². The largest absolute Gasteiger partial charge is 0.452 e. The zero-order valence-electron chi connectivity index (χ0n) is 10.4. The molecule has 0 radical (unpaired) electrons. The van der Waals surface area contributed by atoms with Gasteiger partial charge in [0, 0.05) is 16.3 Å². The molecule has 3 aromatic rings. The molecule has 0 fully saturated rings. The van der Waals surface area contributed by atoms with E-state index < -0.39 is 0 Å². The van der Waals surface area contributed by atoms with Crippen LogP contribution in [0.1, 0.15) is 16.1 Å². The van der Waals surface area contributed by atoms with Gasteiger partial charge in [-0.25, -0.2) is 0 Å². The maximum atomic E-state index is 12.3. The lowest BCUT2D eigenvalue weighted by atomic mass is 10.1. The zero-order chi connectivity index (χ0) is 14.1. The Bertz CT molecular complexity index is 790. The van der Waals surface area contributed by atoms with E-state index >= 15 is 0 Å². The van der Waals surface area contributed by atoms with E-state index in [0.717, 1.165) is 19.9 Å². The Morgan fingerprint density at radius 1 is 1.05 bits per heavy atom. The van der Waals surface area contributed by atoms with Crippen molar-refractivity contribution in [2.24, 2.45) is 0 Å². The minimum atomic E-state index is -0.0220. The van der Waals surface area contributed by atoms with E-state index in [1.54, 1.807) is 6.07 Å². The van der Waals surface area contributed by atoms with Gasteiger partial charge < -0.3 is 4.42 Å². The average Bonchev–Trinajstić information content (AvgIpc) is 2.84. The number of carbonyl (C=O) groups excluding carboxylic acids is 1. The van der Waals surface area contributed by atoms with Crippen LogP contribution in [0.25, 0.3) is 11.0 Å². The minimum Gasteiger partial charge on any atom is -0.452 e. The standard InChI is InChI=1S/C16H10Br2O2/c17-12-5-1-3-10(7-12)8-14(19)15-9-11-4-2-6-13(18)16(11)20-15/h1-7,9H,8H2. The van der Waals surface area contributed by atoms with Gasteiger partial charge >= 0.3 is 0 Å². The first-order chi connectivity index (χ1) is 9.63. The van der Waals surface area contributed by atoms with Crippen molar-refractivity contribution >= 4 is 48.6 Å². The Hall–Kier alpha value is -1.39. The smallest absolute Gasteiger partial charge is 0.202 e. The fourth-order valence-corrected chi connectivity index (χ4v) is 2.99. The first kappa shape index (κ1) is 13.6. The van der Waals surface area contributed by atoms with Gasteiger partial charge in [0.05, 0.1) is 4.47 Å². The molecule has 4 heteroatoms. The van der Waals surface area contributed by atoms with Crippen LogP contribution in [0.4, 0.5) is 0 Å². The summed E-state index contributed by atoms with van der Waals surface area (Å²) in [5.74, 6) is 0.373. The van der Waals surface area contributed by atoms with Gasteiger partial charge in [-0.2, -0.15) is 0 Å². The van der Waals surface area contributed by atoms with Gasteiger partial charge in [-0.05, 0) is 45.8 Å². The Balaban J connectivity index is 1.91. The molecule has 0 amide bonds. The second-order valence-electron chi connectivity index (χ2n) is 4.50. The predicted octanol–water partition coefficient (Wildman–Crippen LogP) is 5.38. The van der Waals surface area contributed by atoms with E-state index in [1.807, 2.05) is 42.5 Å². The number of benzene rings is 2. The van der Waals surface area contributed by atoms with Gasteiger partial charge in [0.15, 0.2) is 5.76 Å². The van der Waals surface area contributed by atoms with Crippen molar-refractivity contribution in [2.75, 3.05) is 0 Å². The SMILES string of the molecule is O=C(Cc1cccc(Br)c1)c1cc2cccc(Br)c2o1. The maximum absolute atomic E-state index is 12.3. The van der Waals surface area contributed by atoms with Crippen LogP contribution in [0.5, 0.6) is 0 Å². The Labute approximate surface area is 133 Å². The second-order valence-corrected chi connectivity index (χ2v) is 6.27. The molecule has 0 aliphatic rings. The van der Waals surface area contributed by atoms with Gasteiger partial charge in [-0.1, -0.05) is 40.2 Å². The third kappa shape index (κ3) is 2.72. The molecule has 0 spiro atoms. The van der Waals surface area contributed by atoms with Crippen molar-refractivity contribution in [2.45, 2.75) is 6.42 Å². The normalized spacial score (nSPS) is 10.9. The van der Waals surface area contributed by atoms with Crippen LogP contribution in [-0.2, 0) is 6.42 Å². The second kappa shape index (κ2) is 5.54. The molecule has 100 valence electrons. The third-order valence-corrected chi connectivity index (χ3v) is 4.14. The van der Waals surface area contributed by atoms with Crippen LogP contribution in [0.2, 0.25) is 0 Å². The molecule has 0 N–H and O–H groups in total. The highest BCUT2D eigenvalue weighted by atomic mass is 79.9. The molecule has 2 nitrogen and oxygen atoms in total. The van der Waals surface area contributed by atoms with E-state index in [9.17, 15) is 4.79 Å². The number of hydrogen-bond donors (Lipinski definition) is 0. The fraction of sp³-hybridized carbons (Fsp3) is 0.0625. The summed E-state index contributed by atoms with van der Waals surface area (Å²) in [4.78, 5) is 12.3. The summed E-state index contributed by atoms with van der Waals surface area (Å²) in [5, 5.41) is 0.928. The molecule has 0 aliphatic heterocycles. The molecule has 0 aliphatic carbocycles. The van der Waals surface area contributed by atoms with Crippen molar-refractivity contribution < 1.29 is 9.21 Å². The summed E-state index contributed by atoms with van der Waals surface area (Å²) in [5.41, 5.74) is 1.67. The Morgan fingerprint density at radius 2 is 1.85 bits per heavy atom. The van der Waals surface area contributed by atoms with E-state index in [1.165, 1.54) is 0 Å². The molecule has 0 bridgehead atoms. The van der Waals surface area contributed by atoms with E-state index in [4.69, 9.17) is 4.42 Å². The molecule has 20 heavy (non-hydrogen) atoms. The highest BCUT2D eigenvalue weighted by Crippen LogP contribution is 2.27. The lowest BCUT2D eigenvalue weighted by Crippen LogP contribution is -2.01. The molecule has 3 rings (SSSR count). The lowest BCUT2D eigenvalue weighted by Gasteiger charge is -1.99. The van der Waals surface area contributed by atoms with Crippen LogP contribution < -0.4 is 0 Å². The maximum Gasteiger partial charge on any atom is 0.202 e. The molecule has 0 saturated carbocycles. The molecule has 0 saturated heterocycles. The first-order valence-corrected chi connectivity index (χ1v) is 7.68. The fourth-order valence-electron chi connectivity index (χ4n) is 2.08. The molecule has 2 aromatic carbocycles. The molecule has 1 heterocycles. The number of Topliss-reactive ketones (excluding diaryl/α,β-unsaturated/α-hetero) is 1. The predicted molar refractivity (Wildman–Crippen MR) is 86.1 cm³/mol. The molecule has 0 unspecified atom stereocenters. The number of fused-ring (bicyclic) bond motifs is 1. The average molecular weight is 394 g/mol. The van der Waals surface area contributed by atoms with Gasteiger partial charge in [-0.15, -0.1) is 0 Å². The van der Waals surface area contributed by atoms with Crippen molar-refractivity contribution in [3.05, 3.63) is 68.8 Å². The first-order valence-electron chi connectivity index (χ1n) is 6.09. The molecular weight excluding hydrogens is 384 g/mol. The summed E-state index contributed by atoms with van der Waals surface area (Å²) < 4.78 is 7.48. The topological polar surface area (TPSA) is 30.2 Å². The monoisotopic (exact) mass is 392 g/mol. The van der Waals surface area contributed by atoms with Crippen molar-refractivity contribution in [3.8, 4) is 0 Å². The molecule has 1 aromatic heterocycles. The summed E-state index contributed by atoms with van der Waals surface area (Å²) in [6.07, 6.45) is 0.330. The van der Waals surface area contributed by atoms with Crippen LogP contribution in [-0.4, -0.2) is 5.78 Å². The van der Waals surface area contributed by atoms with Gasteiger partial charge in [0.25, 0.3) is 0 Å². The van der Waals surface area contributed by atoms with Crippen LogP contribution in [0.15, 0.2) is 61.9 Å². The van der Waals surface area contributed by atoms with Crippen molar-refractivity contribution in [3.63, 3.8) is 0 Å². The number of hydrogen-bond acceptors (Lipinski definition) is 2. The van der Waals surface area contributed by atoms with Crippen LogP contribution >= 0.6 is 31.9 Å².